The van der Waals surface area contributed by atoms with Crippen LogP contribution in [0.1, 0.15) is 157 Å². The second kappa shape index (κ2) is 25.7. The predicted octanol–water partition coefficient (Wildman–Crippen LogP) is 7.92. The summed E-state index contributed by atoms with van der Waals surface area (Å²) in [5.74, 6) is -0.359. The lowest BCUT2D eigenvalue weighted by Gasteiger charge is -2.38. The molecule has 15 nitrogen and oxygen atoms in total. The number of Topliss-reactive ketones (excluding diaryl/α,β-unsaturated/α-hetero) is 1. The molecule has 18 heteroatoms. The minimum Gasteiger partial charge on any atom is -0.370 e. The van der Waals surface area contributed by atoms with Gasteiger partial charge in [0.25, 0.3) is 17.7 Å². The lowest BCUT2D eigenvalue weighted by atomic mass is 9.85. The normalized spacial score (nSPS) is 20.5. The van der Waals surface area contributed by atoms with E-state index < -0.39 is 59.6 Å². The van der Waals surface area contributed by atoms with Crippen molar-refractivity contribution in [1.29, 1.82) is 0 Å². The van der Waals surface area contributed by atoms with E-state index in [1.807, 2.05) is 66.7 Å². The van der Waals surface area contributed by atoms with Gasteiger partial charge in [-0.15, -0.1) is 11.3 Å². The number of amides is 7. The quantitative estimate of drug-likeness (QED) is 0.0274. The largest absolute Gasteiger partial charge is 0.370 e. The summed E-state index contributed by atoms with van der Waals surface area (Å²) >= 11 is 1.13. The van der Waals surface area contributed by atoms with Gasteiger partial charge in [0.05, 0.1) is 10.9 Å². The second-order valence-corrected chi connectivity index (χ2v) is 22.6. The second-order valence-electron chi connectivity index (χ2n) is 21.5. The first kappa shape index (κ1) is 57.1. The number of hydrogen-bond acceptors (Lipinski definition) is 10. The van der Waals surface area contributed by atoms with Crippen molar-refractivity contribution < 1.29 is 47.1 Å². The van der Waals surface area contributed by atoms with E-state index in [1.54, 1.807) is 29.2 Å². The van der Waals surface area contributed by atoms with Crippen LogP contribution in [0.5, 0.6) is 0 Å². The number of fused-ring (bicyclic) bond motifs is 3. The zero-order valence-corrected chi connectivity index (χ0v) is 45.6. The molecule has 0 aliphatic carbocycles. The van der Waals surface area contributed by atoms with E-state index in [0.717, 1.165) is 66.2 Å². The van der Waals surface area contributed by atoms with E-state index in [4.69, 9.17) is 5.73 Å². The smallest absolute Gasteiger partial charge is 0.270 e. The number of thiophene rings is 1. The third-order valence-electron chi connectivity index (χ3n) is 15.9. The summed E-state index contributed by atoms with van der Waals surface area (Å²) in [4.78, 5) is 111. The maximum absolute atomic E-state index is 14.9. The Kier molecular flexibility index (Phi) is 18.3. The summed E-state index contributed by atoms with van der Waals surface area (Å²) in [6.07, 6.45) is 6.67. The average molecular weight is 1110 g/mol. The molecule has 5 heterocycles. The molecular weight excluding hydrogens is 1040 g/mol. The number of nitrogens with zero attached hydrogens (tertiary/aromatic N) is 2. The van der Waals surface area contributed by atoms with Gasteiger partial charge >= 0.3 is 0 Å². The highest BCUT2D eigenvalue weighted by atomic mass is 32.1. The molecule has 4 aliphatic rings. The molecule has 6 atom stereocenters. The molecular formula is C62H67F2N7O8S. The Balaban J connectivity index is 0.848. The molecule has 1 unspecified atom stereocenters. The molecule has 4 aromatic carbocycles. The van der Waals surface area contributed by atoms with E-state index >= 15 is 0 Å². The van der Waals surface area contributed by atoms with Crippen LogP contribution in [0.2, 0.25) is 0 Å². The molecule has 4 aliphatic heterocycles. The van der Waals surface area contributed by atoms with Crippen molar-refractivity contribution in [2.45, 2.75) is 158 Å². The number of carbonyl (C=O) groups excluding carboxylic acids is 8. The monoisotopic (exact) mass is 1110 g/mol. The third kappa shape index (κ3) is 13.7. The Bertz CT molecular complexity index is 3170. The third-order valence-corrected chi connectivity index (χ3v) is 17.0. The van der Waals surface area contributed by atoms with Gasteiger partial charge in [-0.05, 0) is 117 Å². The number of benzene rings is 4. The minimum absolute atomic E-state index is 0.0268. The number of imide groups is 1. The number of hydrogen-bond donors (Lipinski definition) is 5. The topological polar surface area (TPSA) is 217 Å². The minimum atomic E-state index is -3.08. The fourth-order valence-electron chi connectivity index (χ4n) is 11.7. The number of piperidine rings is 1. The lowest BCUT2D eigenvalue weighted by molar-refractivity contribution is -0.143. The zero-order chi connectivity index (χ0) is 56.5. The first-order chi connectivity index (χ1) is 38.5. The molecule has 9 rings (SSSR count). The fraction of sp³-hybridized carbons (Fsp3) is 0.419. The highest BCUT2D eigenvalue weighted by Gasteiger charge is 2.46. The Morgan fingerprint density at radius 1 is 0.850 bits per heavy atom. The Morgan fingerprint density at radius 3 is 2.30 bits per heavy atom. The van der Waals surface area contributed by atoms with Gasteiger partial charge in [-0.25, -0.2) is 8.78 Å². The van der Waals surface area contributed by atoms with Crippen molar-refractivity contribution in [1.82, 2.24) is 31.1 Å². The standard InChI is InChI=1S/C62H67F2N7O8S/c1-62(63,64)42-22-29-53-41(33-42)34-54(80-53)59(77)68-49-25-23-43(66-32-13-5-3-2-4-8-19-40-20-14-21-45-47(40)37-70(60(45)78)50-28-31-56(74)69-57(50)75)35-44-24-27-51(71(44)61(49)79)58(76)67-48(26-30-55(65)73)52(72)36-46(38-15-9-6-10-16-38)39-17-11-7-12-18-39/h6-7,9-12,14-18,20-22,29,33-34,43-44,46,48-51,66H,2-5,13,23-28,30-32,35-37H2,1H3,(H2,65,73)(H,67,76)(H,68,77)(H,69,74,75)/t43-,44+,48-,49-,50?,51-/m0/s1. The Morgan fingerprint density at radius 2 is 1.59 bits per heavy atom. The molecule has 5 aromatic rings. The maximum atomic E-state index is 14.9. The van der Waals surface area contributed by atoms with Crippen LogP contribution >= 0.6 is 11.3 Å². The predicted molar refractivity (Wildman–Crippen MR) is 299 cm³/mol. The average Bonchev–Trinajstić information content (AvgIpc) is 4.25. The van der Waals surface area contributed by atoms with Gasteiger partial charge in [-0.3, -0.25) is 43.7 Å². The van der Waals surface area contributed by atoms with Crippen molar-refractivity contribution in [2.75, 3.05) is 6.54 Å². The van der Waals surface area contributed by atoms with Crippen LogP contribution < -0.4 is 27.0 Å². The molecule has 3 fully saturated rings. The highest BCUT2D eigenvalue weighted by molar-refractivity contribution is 7.20. The molecule has 1 aromatic heterocycles. The Hall–Kier alpha value is -7.62. The van der Waals surface area contributed by atoms with Crippen LogP contribution in [0.25, 0.3) is 10.1 Å². The number of unbranched alkanes of at least 4 members (excludes halogenated alkanes) is 4. The summed E-state index contributed by atoms with van der Waals surface area (Å²) in [5.41, 5.74) is 9.29. The Labute approximate surface area is 468 Å². The number of nitrogens with two attached hydrogens (primary N) is 1. The molecule has 418 valence electrons. The molecule has 0 saturated carbocycles. The molecule has 0 spiro atoms. The van der Waals surface area contributed by atoms with E-state index in [1.165, 1.54) is 17.0 Å². The van der Waals surface area contributed by atoms with Crippen molar-refractivity contribution in [3.63, 3.8) is 0 Å². The number of primary amides is 1. The molecule has 0 bridgehead atoms. The van der Waals surface area contributed by atoms with Crippen LogP contribution in [-0.2, 0) is 41.2 Å². The van der Waals surface area contributed by atoms with Crippen LogP contribution in [0.3, 0.4) is 0 Å². The number of carbonyl (C=O) groups is 8. The summed E-state index contributed by atoms with van der Waals surface area (Å²) in [6, 6.07) is 26.1. The van der Waals surface area contributed by atoms with Crippen LogP contribution in [0.4, 0.5) is 8.78 Å². The molecule has 3 saturated heterocycles. The van der Waals surface area contributed by atoms with Gasteiger partial charge in [0.1, 0.15) is 18.1 Å². The number of halogens is 2. The zero-order valence-electron chi connectivity index (χ0n) is 44.8. The molecule has 0 radical (unpaired) electrons. The van der Waals surface area contributed by atoms with Gasteiger partial charge in [-0.2, -0.15) is 0 Å². The fourth-order valence-corrected chi connectivity index (χ4v) is 12.6. The number of nitrogens with one attached hydrogen (secondary N) is 4. The van der Waals surface area contributed by atoms with Gasteiger partial charge < -0.3 is 31.5 Å². The summed E-state index contributed by atoms with van der Waals surface area (Å²) in [7, 11) is 0. The van der Waals surface area contributed by atoms with Crippen LogP contribution in [0.15, 0.2) is 103 Å². The van der Waals surface area contributed by atoms with Gasteiger partial charge in [-0.1, -0.05) is 97.5 Å². The SMILES string of the molecule is CC(F)(F)c1ccc2sc(C(=O)N[C@H]3CC[C@H](NCCCCCCC#Cc4cccc5c4CN(C4CCC(=O)NC4=O)C5=O)C[C@H]4CC[C@@H](C(=O)N[C@@H](CCC(N)=O)C(=O)CC(c5ccccc5)c5ccccc5)N4C3=O)cc2c1. The van der Waals surface area contributed by atoms with Gasteiger partial charge in [0, 0.05) is 78.5 Å². The number of alkyl halides is 2. The van der Waals surface area contributed by atoms with Gasteiger partial charge in [0.2, 0.25) is 29.5 Å². The van der Waals surface area contributed by atoms with Crippen LogP contribution in [0, 0.1) is 11.8 Å². The van der Waals surface area contributed by atoms with Crippen molar-refractivity contribution in [2.24, 2.45) is 5.73 Å². The first-order valence-corrected chi connectivity index (χ1v) is 28.6. The van der Waals surface area contributed by atoms with E-state index in [9.17, 15) is 47.1 Å². The number of rotatable bonds is 21. The lowest BCUT2D eigenvalue weighted by Crippen LogP contribution is -2.59. The van der Waals surface area contributed by atoms with E-state index in [2.05, 4.69) is 33.1 Å². The van der Waals surface area contributed by atoms with E-state index in [0.29, 0.717) is 54.3 Å². The van der Waals surface area contributed by atoms with Crippen molar-refractivity contribution in [3.8, 4) is 11.8 Å². The molecule has 7 amide bonds. The van der Waals surface area contributed by atoms with E-state index in [-0.39, 0.29) is 91.1 Å². The van der Waals surface area contributed by atoms with Crippen LogP contribution in [-0.4, -0.2) is 99.7 Å². The maximum Gasteiger partial charge on any atom is 0.270 e. The first-order valence-electron chi connectivity index (χ1n) is 27.8. The van der Waals surface area contributed by atoms with Crippen molar-refractivity contribution >= 4 is 68.6 Å². The van der Waals surface area contributed by atoms with Gasteiger partial charge in [0.15, 0.2) is 5.78 Å². The summed E-state index contributed by atoms with van der Waals surface area (Å²) in [6.45, 7) is 1.75. The molecule has 80 heavy (non-hydrogen) atoms. The summed E-state index contributed by atoms with van der Waals surface area (Å²) in [5, 5.41) is 12.4. The summed E-state index contributed by atoms with van der Waals surface area (Å²) < 4.78 is 29.2. The number of ketones is 1. The van der Waals surface area contributed by atoms with Crippen molar-refractivity contribution in [3.05, 3.63) is 141 Å². The molecule has 6 N–H and O–H groups in total. The highest BCUT2D eigenvalue weighted by Crippen LogP contribution is 2.36.